The molecule has 0 aliphatic rings. The molecule has 0 bridgehead atoms. The van der Waals surface area contributed by atoms with Crippen molar-refractivity contribution in [2.24, 2.45) is 12.9 Å². The summed E-state index contributed by atoms with van der Waals surface area (Å²) in [4.78, 5) is 8.00. The second kappa shape index (κ2) is 5.65. The van der Waals surface area contributed by atoms with Crippen LogP contribution in [0.15, 0.2) is 18.5 Å². The summed E-state index contributed by atoms with van der Waals surface area (Å²) in [5.41, 5.74) is 3.38. The number of nitrogen functional groups attached to an aromatic ring is 1. The van der Waals surface area contributed by atoms with Gasteiger partial charge in [0.1, 0.15) is 5.02 Å². The van der Waals surface area contributed by atoms with Gasteiger partial charge in [0.2, 0.25) is 5.95 Å². The number of aryl methyl sites for hydroxylation is 1. The highest BCUT2D eigenvalue weighted by Gasteiger charge is 2.04. The van der Waals surface area contributed by atoms with Gasteiger partial charge in [0.15, 0.2) is 5.82 Å². The van der Waals surface area contributed by atoms with E-state index in [1.807, 2.05) is 19.3 Å². The first-order chi connectivity index (χ1) is 8.69. The van der Waals surface area contributed by atoms with Gasteiger partial charge in [-0.1, -0.05) is 11.6 Å². The van der Waals surface area contributed by atoms with E-state index in [0.717, 1.165) is 12.1 Å². The quantitative estimate of drug-likeness (QED) is 0.548. The molecule has 0 fully saturated rings. The average Bonchev–Trinajstić information content (AvgIpc) is 2.77. The van der Waals surface area contributed by atoms with Crippen molar-refractivity contribution in [2.75, 3.05) is 17.3 Å². The third kappa shape index (κ3) is 3.08. The van der Waals surface area contributed by atoms with Gasteiger partial charge < -0.3 is 5.32 Å². The minimum atomic E-state index is 0.319. The zero-order chi connectivity index (χ0) is 13.0. The van der Waals surface area contributed by atoms with Gasteiger partial charge in [-0.15, -0.1) is 0 Å². The zero-order valence-corrected chi connectivity index (χ0v) is 10.6. The number of halogens is 1. The van der Waals surface area contributed by atoms with E-state index in [1.165, 1.54) is 6.20 Å². The van der Waals surface area contributed by atoms with Crippen molar-refractivity contribution in [1.82, 2.24) is 19.7 Å². The van der Waals surface area contributed by atoms with Gasteiger partial charge in [-0.05, 0) is 6.07 Å². The number of hydrazine groups is 1. The first kappa shape index (κ1) is 12.6. The maximum atomic E-state index is 5.96. The largest absolute Gasteiger partial charge is 0.368 e. The summed E-state index contributed by atoms with van der Waals surface area (Å²) in [6.07, 6.45) is 4.18. The maximum absolute atomic E-state index is 5.96. The molecule has 18 heavy (non-hydrogen) atoms. The molecule has 96 valence electrons. The number of aromatic nitrogens is 4. The Labute approximate surface area is 109 Å². The normalized spacial score (nSPS) is 10.4. The minimum absolute atomic E-state index is 0.319. The van der Waals surface area contributed by atoms with E-state index in [-0.39, 0.29) is 0 Å². The molecule has 0 radical (unpaired) electrons. The topological polar surface area (TPSA) is 93.7 Å². The second-order valence-corrected chi connectivity index (χ2v) is 4.10. The third-order valence-electron chi connectivity index (χ3n) is 2.32. The summed E-state index contributed by atoms with van der Waals surface area (Å²) in [5, 5.41) is 7.85. The Morgan fingerprint density at radius 1 is 1.50 bits per heavy atom. The molecule has 0 amide bonds. The van der Waals surface area contributed by atoms with E-state index < -0.39 is 0 Å². The first-order valence-corrected chi connectivity index (χ1v) is 5.78. The maximum Gasteiger partial charge on any atom is 0.239 e. The number of nitrogens with two attached hydrogens (primary N) is 1. The van der Waals surface area contributed by atoms with Crippen LogP contribution in [-0.2, 0) is 13.5 Å². The summed E-state index contributed by atoms with van der Waals surface area (Å²) < 4.78 is 1.77. The molecule has 4 N–H and O–H groups in total. The zero-order valence-electron chi connectivity index (χ0n) is 9.89. The van der Waals surface area contributed by atoms with Crippen molar-refractivity contribution in [3.05, 3.63) is 29.2 Å². The Morgan fingerprint density at radius 2 is 2.33 bits per heavy atom. The predicted molar refractivity (Wildman–Crippen MR) is 70.3 cm³/mol. The number of rotatable bonds is 5. The minimum Gasteiger partial charge on any atom is -0.368 e. The van der Waals surface area contributed by atoms with Crippen molar-refractivity contribution in [3.63, 3.8) is 0 Å². The van der Waals surface area contributed by atoms with E-state index >= 15 is 0 Å². The van der Waals surface area contributed by atoms with Crippen molar-refractivity contribution >= 4 is 23.4 Å². The van der Waals surface area contributed by atoms with Gasteiger partial charge in [0, 0.05) is 26.2 Å². The van der Waals surface area contributed by atoms with Crippen molar-refractivity contribution in [1.29, 1.82) is 0 Å². The van der Waals surface area contributed by atoms with Crippen LogP contribution in [0.25, 0.3) is 0 Å². The molecule has 0 saturated heterocycles. The van der Waals surface area contributed by atoms with Crippen LogP contribution in [0.5, 0.6) is 0 Å². The molecule has 0 aromatic carbocycles. The van der Waals surface area contributed by atoms with E-state index in [9.17, 15) is 0 Å². The fourth-order valence-electron chi connectivity index (χ4n) is 1.47. The molecular weight excluding hydrogens is 254 g/mol. The molecule has 0 aliphatic carbocycles. The molecule has 0 unspecified atom stereocenters. The van der Waals surface area contributed by atoms with E-state index in [2.05, 4.69) is 25.8 Å². The van der Waals surface area contributed by atoms with Gasteiger partial charge in [-0.25, -0.2) is 10.8 Å². The molecule has 2 aromatic heterocycles. The van der Waals surface area contributed by atoms with Crippen LogP contribution in [0.4, 0.5) is 11.8 Å². The summed E-state index contributed by atoms with van der Waals surface area (Å²) in [7, 11) is 1.89. The highest BCUT2D eigenvalue weighted by atomic mass is 35.5. The summed E-state index contributed by atoms with van der Waals surface area (Å²) in [6, 6.07) is 1.97. The monoisotopic (exact) mass is 267 g/mol. The Hall–Kier alpha value is -1.86. The number of hydrogen-bond donors (Lipinski definition) is 3. The van der Waals surface area contributed by atoms with Gasteiger partial charge >= 0.3 is 0 Å². The molecule has 2 rings (SSSR count). The van der Waals surface area contributed by atoms with Crippen LogP contribution in [-0.4, -0.2) is 26.3 Å². The highest BCUT2D eigenvalue weighted by molar-refractivity contribution is 6.32. The van der Waals surface area contributed by atoms with Crippen LogP contribution in [0.1, 0.15) is 5.69 Å². The van der Waals surface area contributed by atoms with Gasteiger partial charge in [0.05, 0.1) is 11.9 Å². The summed E-state index contributed by atoms with van der Waals surface area (Å²) in [5.74, 6) is 6.10. The Morgan fingerprint density at radius 3 is 3.00 bits per heavy atom. The number of anilines is 2. The van der Waals surface area contributed by atoms with E-state index in [1.54, 1.807) is 4.68 Å². The number of nitrogens with zero attached hydrogens (tertiary/aromatic N) is 4. The average molecular weight is 268 g/mol. The van der Waals surface area contributed by atoms with Crippen molar-refractivity contribution < 1.29 is 0 Å². The van der Waals surface area contributed by atoms with Gasteiger partial charge in [0.25, 0.3) is 0 Å². The molecule has 0 atom stereocenters. The SMILES string of the molecule is Cn1ccc(CCNc2nc(NN)ncc2Cl)n1. The third-order valence-corrected chi connectivity index (χ3v) is 2.59. The molecule has 8 heteroatoms. The second-order valence-electron chi connectivity index (χ2n) is 3.69. The molecular formula is C10H14ClN7. The standard InChI is InChI=1S/C10H14ClN7/c1-18-5-3-7(17-18)2-4-13-9-8(11)6-14-10(15-9)16-12/h3,5-6H,2,4,12H2,1H3,(H2,13,14,15,16). The Kier molecular flexibility index (Phi) is 3.96. The lowest BCUT2D eigenvalue weighted by Crippen LogP contribution is -2.13. The molecule has 2 heterocycles. The lowest BCUT2D eigenvalue weighted by molar-refractivity contribution is 0.742. The van der Waals surface area contributed by atoms with Gasteiger partial charge in [-0.2, -0.15) is 10.1 Å². The van der Waals surface area contributed by atoms with Crippen molar-refractivity contribution in [2.45, 2.75) is 6.42 Å². The fraction of sp³-hybridized carbons (Fsp3) is 0.300. The molecule has 2 aromatic rings. The summed E-state index contributed by atoms with van der Waals surface area (Å²) in [6.45, 7) is 0.678. The number of hydrogen-bond acceptors (Lipinski definition) is 6. The van der Waals surface area contributed by atoms with Gasteiger partial charge in [-0.3, -0.25) is 10.1 Å². The van der Waals surface area contributed by atoms with Crippen LogP contribution < -0.4 is 16.6 Å². The van der Waals surface area contributed by atoms with Crippen molar-refractivity contribution in [3.8, 4) is 0 Å². The van der Waals surface area contributed by atoms with Crippen LogP contribution in [0, 0.1) is 0 Å². The smallest absolute Gasteiger partial charge is 0.239 e. The molecule has 0 aliphatic heterocycles. The molecule has 0 saturated carbocycles. The molecule has 7 nitrogen and oxygen atoms in total. The summed E-state index contributed by atoms with van der Waals surface area (Å²) >= 11 is 5.96. The fourth-order valence-corrected chi connectivity index (χ4v) is 1.62. The van der Waals surface area contributed by atoms with Crippen LogP contribution in [0.3, 0.4) is 0 Å². The molecule has 0 spiro atoms. The first-order valence-electron chi connectivity index (χ1n) is 5.40. The van der Waals surface area contributed by atoms with E-state index in [0.29, 0.717) is 23.3 Å². The van der Waals surface area contributed by atoms with E-state index in [4.69, 9.17) is 17.4 Å². The lowest BCUT2D eigenvalue weighted by atomic mass is 10.3. The Bertz CT molecular complexity index is 525. The van der Waals surface area contributed by atoms with Crippen LogP contribution >= 0.6 is 11.6 Å². The predicted octanol–water partition coefficient (Wildman–Crippen LogP) is 0.804. The lowest BCUT2D eigenvalue weighted by Gasteiger charge is -2.07. The highest BCUT2D eigenvalue weighted by Crippen LogP contribution is 2.18. The van der Waals surface area contributed by atoms with Crippen LogP contribution in [0.2, 0.25) is 5.02 Å². The number of nitrogens with one attached hydrogen (secondary N) is 2. The Balaban J connectivity index is 1.93.